The molecule has 0 spiro atoms. The number of aromatic nitrogens is 1. The van der Waals surface area contributed by atoms with E-state index < -0.39 is 0 Å². The zero-order valence-electron chi connectivity index (χ0n) is 9.70. The summed E-state index contributed by atoms with van der Waals surface area (Å²) in [5, 5.41) is 2.74. The van der Waals surface area contributed by atoms with Crippen molar-refractivity contribution in [2.45, 2.75) is 20.4 Å². The Balaban J connectivity index is 2.64. The topological polar surface area (TPSA) is 4.93 Å². The number of rotatable bonds is 1. The molecule has 0 aliphatic carbocycles. The maximum atomic E-state index is 2.40. The van der Waals surface area contributed by atoms with Gasteiger partial charge in [0.05, 0.1) is 5.52 Å². The van der Waals surface area contributed by atoms with Crippen LogP contribution in [0.25, 0.3) is 21.8 Å². The second-order valence-corrected chi connectivity index (χ2v) is 4.23. The summed E-state index contributed by atoms with van der Waals surface area (Å²) in [6, 6.07) is 15.2. The van der Waals surface area contributed by atoms with E-state index in [9.17, 15) is 0 Å². The molecule has 1 nitrogen and oxygen atoms in total. The Bertz CT molecular complexity index is 662. The maximum Gasteiger partial charge on any atom is 0.0520 e. The van der Waals surface area contributed by atoms with E-state index in [0.717, 1.165) is 6.54 Å². The van der Waals surface area contributed by atoms with E-state index in [0.29, 0.717) is 0 Å². The standard InChI is InChI=1S/C15H15N/c1-3-16-14-10-5-4-8-12(14)13-9-6-7-11(2)15(13)16/h4-10H,3H2,1-2H3. The van der Waals surface area contributed by atoms with E-state index >= 15 is 0 Å². The van der Waals surface area contributed by atoms with Gasteiger partial charge in [-0.25, -0.2) is 0 Å². The number of nitrogens with zero attached hydrogens (tertiary/aromatic N) is 1. The van der Waals surface area contributed by atoms with Crippen molar-refractivity contribution >= 4 is 21.8 Å². The predicted molar refractivity (Wildman–Crippen MR) is 69.9 cm³/mol. The van der Waals surface area contributed by atoms with Crippen LogP contribution in [0.2, 0.25) is 0 Å². The normalized spacial score (nSPS) is 11.4. The lowest BCUT2D eigenvalue weighted by atomic mass is 10.1. The fourth-order valence-electron chi connectivity index (χ4n) is 2.62. The number of hydrogen-bond acceptors (Lipinski definition) is 0. The molecule has 0 fully saturated rings. The summed E-state index contributed by atoms with van der Waals surface area (Å²) in [4.78, 5) is 0. The third-order valence-corrected chi connectivity index (χ3v) is 3.31. The molecule has 3 aromatic rings. The first-order chi connectivity index (χ1) is 7.83. The zero-order chi connectivity index (χ0) is 11.1. The lowest BCUT2D eigenvalue weighted by Gasteiger charge is -2.04. The number of benzene rings is 2. The SMILES string of the molecule is CCn1c2ccccc2c2cccc(C)c21. The van der Waals surface area contributed by atoms with Crippen LogP contribution < -0.4 is 0 Å². The minimum Gasteiger partial charge on any atom is -0.341 e. The third kappa shape index (κ3) is 1.12. The molecule has 1 heteroatoms. The molecule has 1 aromatic heterocycles. The summed E-state index contributed by atoms with van der Waals surface area (Å²) in [6.07, 6.45) is 0. The zero-order valence-corrected chi connectivity index (χ0v) is 9.70. The quantitative estimate of drug-likeness (QED) is 0.568. The maximum absolute atomic E-state index is 2.40. The Hall–Kier alpha value is -1.76. The van der Waals surface area contributed by atoms with Crippen LogP contribution in [0.4, 0.5) is 0 Å². The van der Waals surface area contributed by atoms with E-state index in [-0.39, 0.29) is 0 Å². The summed E-state index contributed by atoms with van der Waals surface area (Å²) < 4.78 is 2.40. The Morgan fingerprint density at radius 1 is 0.938 bits per heavy atom. The fourth-order valence-corrected chi connectivity index (χ4v) is 2.62. The Morgan fingerprint density at radius 2 is 1.69 bits per heavy atom. The molecule has 0 aliphatic rings. The first kappa shape index (κ1) is 9.46. The number of hydrogen-bond donors (Lipinski definition) is 0. The molecule has 1 heterocycles. The Morgan fingerprint density at radius 3 is 2.50 bits per heavy atom. The van der Waals surface area contributed by atoms with Crippen molar-refractivity contribution in [3.05, 3.63) is 48.0 Å². The molecule has 0 bridgehead atoms. The lowest BCUT2D eigenvalue weighted by Crippen LogP contribution is -1.94. The van der Waals surface area contributed by atoms with Gasteiger partial charge in [-0.3, -0.25) is 0 Å². The van der Waals surface area contributed by atoms with Crippen LogP contribution in [0.15, 0.2) is 42.5 Å². The summed E-state index contributed by atoms with van der Waals surface area (Å²) in [6.45, 7) is 5.42. The molecule has 0 N–H and O–H groups in total. The summed E-state index contributed by atoms with van der Waals surface area (Å²) in [7, 11) is 0. The van der Waals surface area contributed by atoms with Crippen molar-refractivity contribution in [1.29, 1.82) is 0 Å². The first-order valence-corrected chi connectivity index (χ1v) is 5.79. The van der Waals surface area contributed by atoms with E-state index in [4.69, 9.17) is 0 Å². The van der Waals surface area contributed by atoms with Crippen LogP contribution in [-0.2, 0) is 6.54 Å². The van der Waals surface area contributed by atoms with E-state index in [1.807, 2.05) is 0 Å². The van der Waals surface area contributed by atoms with Gasteiger partial charge in [0.15, 0.2) is 0 Å². The molecule has 0 unspecified atom stereocenters. The molecule has 16 heavy (non-hydrogen) atoms. The molecule has 2 aromatic carbocycles. The number of fused-ring (bicyclic) bond motifs is 3. The van der Waals surface area contributed by atoms with Crippen LogP contribution in [0.3, 0.4) is 0 Å². The summed E-state index contributed by atoms with van der Waals surface area (Å²) in [5.74, 6) is 0. The highest BCUT2D eigenvalue weighted by Gasteiger charge is 2.09. The van der Waals surface area contributed by atoms with Gasteiger partial charge in [0, 0.05) is 22.8 Å². The molecule has 0 saturated carbocycles. The second kappa shape index (κ2) is 3.38. The van der Waals surface area contributed by atoms with Gasteiger partial charge in [-0.2, -0.15) is 0 Å². The molecule has 0 atom stereocenters. The fraction of sp³-hybridized carbons (Fsp3) is 0.200. The number of aryl methyl sites for hydroxylation is 2. The lowest BCUT2D eigenvalue weighted by molar-refractivity contribution is 0.825. The minimum atomic E-state index is 1.02. The van der Waals surface area contributed by atoms with Crippen molar-refractivity contribution in [2.24, 2.45) is 0 Å². The van der Waals surface area contributed by atoms with E-state index in [2.05, 4.69) is 60.9 Å². The summed E-state index contributed by atoms with van der Waals surface area (Å²) >= 11 is 0. The minimum absolute atomic E-state index is 1.02. The van der Waals surface area contributed by atoms with Gasteiger partial charge >= 0.3 is 0 Å². The van der Waals surface area contributed by atoms with Crippen molar-refractivity contribution in [2.75, 3.05) is 0 Å². The van der Waals surface area contributed by atoms with Crippen LogP contribution in [-0.4, -0.2) is 4.57 Å². The Kier molecular flexibility index (Phi) is 2.00. The van der Waals surface area contributed by atoms with Crippen molar-refractivity contribution in [3.63, 3.8) is 0 Å². The Labute approximate surface area is 95.3 Å². The van der Waals surface area contributed by atoms with Gasteiger partial charge in [0.2, 0.25) is 0 Å². The van der Waals surface area contributed by atoms with Crippen molar-refractivity contribution < 1.29 is 0 Å². The summed E-state index contributed by atoms with van der Waals surface area (Å²) in [5.41, 5.74) is 4.08. The highest BCUT2D eigenvalue weighted by atomic mass is 15.0. The molecule has 0 amide bonds. The van der Waals surface area contributed by atoms with Gasteiger partial charge in [0.1, 0.15) is 0 Å². The predicted octanol–water partition coefficient (Wildman–Crippen LogP) is 4.12. The first-order valence-electron chi connectivity index (χ1n) is 5.79. The molecule has 0 saturated heterocycles. The van der Waals surface area contributed by atoms with Gasteiger partial charge in [-0.1, -0.05) is 36.4 Å². The molecular formula is C15H15N. The molecule has 80 valence electrons. The molecule has 0 aliphatic heterocycles. The van der Waals surface area contributed by atoms with Gasteiger partial charge in [0.25, 0.3) is 0 Å². The van der Waals surface area contributed by atoms with Crippen molar-refractivity contribution in [3.8, 4) is 0 Å². The second-order valence-electron chi connectivity index (χ2n) is 4.23. The average Bonchev–Trinajstić information content (AvgIpc) is 2.65. The van der Waals surface area contributed by atoms with Gasteiger partial charge in [-0.15, -0.1) is 0 Å². The van der Waals surface area contributed by atoms with Crippen LogP contribution in [0.1, 0.15) is 12.5 Å². The number of para-hydroxylation sites is 2. The monoisotopic (exact) mass is 209 g/mol. The molecule has 3 rings (SSSR count). The smallest absolute Gasteiger partial charge is 0.0520 e. The van der Waals surface area contributed by atoms with Crippen molar-refractivity contribution in [1.82, 2.24) is 4.57 Å². The average molecular weight is 209 g/mol. The van der Waals surface area contributed by atoms with E-state index in [1.165, 1.54) is 27.4 Å². The highest BCUT2D eigenvalue weighted by molar-refractivity contribution is 6.08. The van der Waals surface area contributed by atoms with Gasteiger partial charge < -0.3 is 4.57 Å². The third-order valence-electron chi connectivity index (χ3n) is 3.31. The largest absolute Gasteiger partial charge is 0.341 e. The molecular weight excluding hydrogens is 194 g/mol. The molecule has 0 radical (unpaired) electrons. The van der Waals surface area contributed by atoms with Crippen LogP contribution in [0, 0.1) is 6.92 Å². The van der Waals surface area contributed by atoms with Crippen LogP contribution >= 0.6 is 0 Å². The van der Waals surface area contributed by atoms with Gasteiger partial charge in [-0.05, 0) is 25.5 Å². The van der Waals surface area contributed by atoms with Crippen LogP contribution in [0.5, 0.6) is 0 Å². The highest BCUT2D eigenvalue weighted by Crippen LogP contribution is 2.30. The van der Waals surface area contributed by atoms with E-state index in [1.54, 1.807) is 0 Å².